The average molecular weight is 227 g/mol. The molecule has 1 aliphatic rings. The fourth-order valence-electron chi connectivity index (χ4n) is 2.97. The molecule has 96 valence electrons. The van der Waals surface area contributed by atoms with Crippen molar-refractivity contribution in [3.05, 3.63) is 0 Å². The third-order valence-electron chi connectivity index (χ3n) is 4.42. The second-order valence-corrected chi connectivity index (χ2v) is 5.99. The summed E-state index contributed by atoms with van der Waals surface area (Å²) in [4.78, 5) is 0. The van der Waals surface area contributed by atoms with E-state index in [1.807, 2.05) is 0 Å². The van der Waals surface area contributed by atoms with Crippen LogP contribution in [0.25, 0.3) is 0 Å². The maximum absolute atomic E-state index is 10.1. The number of hydrogen-bond acceptors (Lipinski definition) is 2. The van der Waals surface area contributed by atoms with E-state index in [-0.39, 0.29) is 6.10 Å². The van der Waals surface area contributed by atoms with Crippen LogP contribution in [0.2, 0.25) is 0 Å². The molecule has 1 saturated carbocycles. The smallest absolute Gasteiger partial charge is 0.0692 e. The van der Waals surface area contributed by atoms with Crippen molar-refractivity contribution in [3.63, 3.8) is 0 Å². The molecule has 1 rings (SSSR count). The van der Waals surface area contributed by atoms with Crippen molar-refractivity contribution in [2.24, 2.45) is 11.3 Å². The van der Waals surface area contributed by atoms with Crippen LogP contribution in [0.1, 0.15) is 59.8 Å². The molecule has 1 fully saturated rings. The lowest BCUT2D eigenvalue weighted by atomic mass is 9.87. The first-order valence-corrected chi connectivity index (χ1v) is 6.92. The summed E-state index contributed by atoms with van der Waals surface area (Å²) < 4.78 is 0. The van der Waals surface area contributed by atoms with E-state index in [0.717, 1.165) is 19.4 Å². The second-order valence-electron chi connectivity index (χ2n) is 5.99. The van der Waals surface area contributed by atoms with Gasteiger partial charge < -0.3 is 10.4 Å². The molecule has 2 unspecified atom stereocenters. The molecule has 0 heterocycles. The van der Waals surface area contributed by atoms with Crippen LogP contribution >= 0.6 is 0 Å². The summed E-state index contributed by atoms with van der Waals surface area (Å²) in [6.45, 7) is 9.76. The minimum absolute atomic E-state index is 0.175. The average Bonchev–Trinajstić information content (AvgIpc) is 2.56. The lowest BCUT2D eigenvalue weighted by molar-refractivity contribution is 0.0930. The second kappa shape index (κ2) is 6.02. The highest BCUT2D eigenvalue weighted by Crippen LogP contribution is 2.37. The molecule has 2 heteroatoms. The van der Waals surface area contributed by atoms with Crippen molar-refractivity contribution in [3.8, 4) is 0 Å². The Morgan fingerprint density at radius 1 is 1.31 bits per heavy atom. The van der Waals surface area contributed by atoms with Gasteiger partial charge in [-0.25, -0.2) is 0 Å². The third kappa shape index (κ3) is 3.46. The minimum atomic E-state index is -0.175. The molecule has 2 nitrogen and oxygen atoms in total. The van der Waals surface area contributed by atoms with Crippen LogP contribution in [0, 0.1) is 11.3 Å². The number of rotatable bonds is 6. The highest BCUT2D eigenvalue weighted by molar-refractivity contribution is 4.90. The molecule has 0 aromatic rings. The molecule has 16 heavy (non-hydrogen) atoms. The van der Waals surface area contributed by atoms with Crippen molar-refractivity contribution in [2.45, 2.75) is 71.9 Å². The van der Waals surface area contributed by atoms with Gasteiger partial charge in [0.2, 0.25) is 0 Å². The molecule has 2 atom stereocenters. The van der Waals surface area contributed by atoms with E-state index in [0.29, 0.717) is 17.4 Å². The Hall–Kier alpha value is -0.0800. The summed E-state index contributed by atoms with van der Waals surface area (Å²) in [7, 11) is 0. The summed E-state index contributed by atoms with van der Waals surface area (Å²) in [6.07, 6.45) is 5.88. The summed E-state index contributed by atoms with van der Waals surface area (Å²) in [5.41, 5.74) is 0.410. The predicted octanol–water partition coefficient (Wildman–Crippen LogP) is 2.95. The number of aliphatic hydroxyl groups excluding tert-OH is 1. The molecular weight excluding hydrogens is 198 g/mol. The Labute approximate surface area is 101 Å². The maximum Gasteiger partial charge on any atom is 0.0692 e. The number of nitrogens with one attached hydrogen (secondary N) is 1. The first-order valence-electron chi connectivity index (χ1n) is 6.92. The zero-order valence-electron chi connectivity index (χ0n) is 11.4. The molecule has 0 aromatic heterocycles. The van der Waals surface area contributed by atoms with Crippen LogP contribution in [-0.2, 0) is 0 Å². The van der Waals surface area contributed by atoms with Crippen LogP contribution in [-0.4, -0.2) is 23.8 Å². The van der Waals surface area contributed by atoms with Crippen LogP contribution in [0.15, 0.2) is 0 Å². The predicted molar refractivity (Wildman–Crippen MR) is 69.5 cm³/mol. The largest absolute Gasteiger partial charge is 0.392 e. The molecular formula is C14H29NO. The Balaban J connectivity index is 2.33. The molecule has 0 amide bonds. The summed E-state index contributed by atoms with van der Waals surface area (Å²) in [5, 5.41) is 13.6. The van der Waals surface area contributed by atoms with Crippen molar-refractivity contribution >= 4 is 0 Å². The minimum Gasteiger partial charge on any atom is -0.392 e. The van der Waals surface area contributed by atoms with Gasteiger partial charge in [-0.3, -0.25) is 0 Å². The van der Waals surface area contributed by atoms with E-state index in [4.69, 9.17) is 0 Å². The molecule has 1 aliphatic carbocycles. The molecule has 0 saturated heterocycles. The Morgan fingerprint density at radius 3 is 2.38 bits per heavy atom. The van der Waals surface area contributed by atoms with Gasteiger partial charge in [-0.2, -0.15) is 0 Å². The lowest BCUT2D eigenvalue weighted by Gasteiger charge is -2.30. The maximum atomic E-state index is 10.1. The third-order valence-corrected chi connectivity index (χ3v) is 4.42. The Kier molecular flexibility index (Phi) is 5.26. The molecule has 0 aliphatic heterocycles. The molecule has 2 N–H and O–H groups in total. The molecule has 0 aromatic carbocycles. The van der Waals surface area contributed by atoms with Gasteiger partial charge in [0.25, 0.3) is 0 Å². The van der Waals surface area contributed by atoms with Crippen molar-refractivity contribution < 1.29 is 5.11 Å². The quantitative estimate of drug-likeness (QED) is 0.731. The van der Waals surface area contributed by atoms with Gasteiger partial charge in [0.1, 0.15) is 0 Å². The van der Waals surface area contributed by atoms with E-state index in [9.17, 15) is 5.11 Å². The monoisotopic (exact) mass is 227 g/mol. The standard InChI is InChI=1S/C14H29NO/c1-5-11(6-2)12(16)10-15-13-8-7-9-14(13,3)4/h11-13,15-16H,5-10H2,1-4H3. The van der Waals surface area contributed by atoms with E-state index < -0.39 is 0 Å². The van der Waals surface area contributed by atoms with Gasteiger partial charge in [0, 0.05) is 12.6 Å². The number of aliphatic hydroxyl groups is 1. The fourth-order valence-corrected chi connectivity index (χ4v) is 2.97. The molecule has 0 spiro atoms. The zero-order valence-corrected chi connectivity index (χ0v) is 11.4. The summed E-state index contributed by atoms with van der Waals surface area (Å²) >= 11 is 0. The van der Waals surface area contributed by atoms with Crippen LogP contribution in [0.5, 0.6) is 0 Å². The van der Waals surface area contributed by atoms with Gasteiger partial charge in [-0.1, -0.05) is 47.0 Å². The Morgan fingerprint density at radius 2 is 1.94 bits per heavy atom. The van der Waals surface area contributed by atoms with Crippen LogP contribution in [0.3, 0.4) is 0 Å². The van der Waals surface area contributed by atoms with E-state index >= 15 is 0 Å². The topological polar surface area (TPSA) is 32.3 Å². The summed E-state index contributed by atoms with van der Waals surface area (Å²) in [6, 6.07) is 0.594. The highest BCUT2D eigenvalue weighted by Gasteiger charge is 2.34. The SMILES string of the molecule is CCC(CC)C(O)CNC1CCCC1(C)C. The van der Waals surface area contributed by atoms with E-state index in [1.165, 1.54) is 19.3 Å². The van der Waals surface area contributed by atoms with E-state index in [1.54, 1.807) is 0 Å². The van der Waals surface area contributed by atoms with Crippen molar-refractivity contribution in [1.82, 2.24) is 5.32 Å². The normalized spacial score (nSPS) is 26.2. The van der Waals surface area contributed by atoms with Crippen LogP contribution < -0.4 is 5.32 Å². The Bertz CT molecular complexity index is 199. The summed E-state index contributed by atoms with van der Waals surface area (Å²) in [5.74, 6) is 0.456. The number of hydrogen-bond donors (Lipinski definition) is 2. The van der Waals surface area contributed by atoms with Gasteiger partial charge >= 0.3 is 0 Å². The van der Waals surface area contributed by atoms with Crippen molar-refractivity contribution in [1.29, 1.82) is 0 Å². The zero-order chi connectivity index (χ0) is 12.2. The van der Waals surface area contributed by atoms with Crippen LogP contribution in [0.4, 0.5) is 0 Å². The lowest BCUT2D eigenvalue weighted by Crippen LogP contribution is -2.43. The van der Waals surface area contributed by atoms with Gasteiger partial charge in [0.05, 0.1) is 6.10 Å². The van der Waals surface area contributed by atoms with Gasteiger partial charge in [-0.05, 0) is 24.2 Å². The highest BCUT2D eigenvalue weighted by atomic mass is 16.3. The molecule has 0 radical (unpaired) electrons. The first-order chi connectivity index (χ1) is 7.51. The molecule has 0 bridgehead atoms. The van der Waals surface area contributed by atoms with Gasteiger partial charge in [-0.15, -0.1) is 0 Å². The van der Waals surface area contributed by atoms with Gasteiger partial charge in [0.15, 0.2) is 0 Å². The van der Waals surface area contributed by atoms with Crippen molar-refractivity contribution in [2.75, 3.05) is 6.54 Å². The van der Waals surface area contributed by atoms with E-state index in [2.05, 4.69) is 33.0 Å². The first kappa shape index (κ1) is 14.0. The fraction of sp³-hybridized carbons (Fsp3) is 1.00.